The average Bonchev–Trinajstić information content (AvgIpc) is 2.74. The van der Waals surface area contributed by atoms with Gasteiger partial charge in [-0.15, -0.1) is 0 Å². The Morgan fingerprint density at radius 2 is 2.05 bits per heavy atom. The van der Waals surface area contributed by atoms with Gasteiger partial charge in [-0.3, -0.25) is 14.5 Å². The maximum absolute atomic E-state index is 14.0. The lowest BCUT2D eigenvalue weighted by molar-refractivity contribution is -0.114. The van der Waals surface area contributed by atoms with E-state index in [1.807, 2.05) is 0 Å². The van der Waals surface area contributed by atoms with Crippen molar-refractivity contribution < 1.29 is 18.7 Å². The summed E-state index contributed by atoms with van der Waals surface area (Å²) < 4.78 is 19.1. The number of ether oxygens (including phenoxy) is 1. The van der Waals surface area contributed by atoms with Gasteiger partial charge in [-0.1, -0.05) is 12.1 Å². The first kappa shape index (κ1) is 13.2. The SMILES string of the molecule is COc1ncccc1CN1C(=O)C(=O)c2cccc(F)c21. The molecule has 0 saturated heterocycles. The second-order valence-corrected chi connectivity index (χ2v) is 4.53. The van der Waals surface area contributed by atoms with Gasteiger partial charge in [0.1, 0.15) is 5.82 Å². The Bertz CT molecular complexity index is 745. The van der Waals surface area contributed by atoms with Gasteiger partial charge in [0.25, 0.3) is 11.7 Å². The molecule has 1 aromatic heterocycles. The molecule has 0 radical (unpaired) electrons. The summed E-state index contributed by atoms with van der Waals surface area (Å²) in [6.45, 7) is 0.0233. The van der Waals surface area contributed by atoms with E-state index in [4.69, 9.17) is 4.74 Å². The Hall–Kier alpha value is -2.76. The molecule has 2 heterocycles. The van der Waals surface area contributed by atoms with E-state index in [9.17, 15) is 14.0 Å². The zero-order valence-electron chi connectivity index (χ0n) is 11.2. The number of nitrogens with zero attached hydrogens (tertiary/aromatic N) is 2. The normalized spacial score (nSPS) is 13.5. The maximum Gasteiger partial charge on any atom is 0.299 e. The minimum atomic E-state index is -0.749. The first-order chi connectivity index (χ1) is 10.1. The van der Waals surface area contributed by atoms with E-state index in [0.717, 1.165) is 4.90 Å². The molecule has 2 aromatic rings. The smallest absolute Gasteiger partial charge is 0.299 e. The number of methoxy groups -OCH3 is 1. The second-order valence-electron chi connectivity index (χ2n) is 4.53. The summed E-state index contributed by atoms with van der Waals surface area (Å²) in [6, 6.07) is 7.47. The molecular formula is C15H11FN2O3. The van der Waals surface area contributed by atoms with E-state index in [0.29, 0.717) is 11.4 Å². The predicted octanol–water partition coefficient (Wildman–Crippen LogP) is 1.96. The number of hydrogen-bond acceptors (Lipinski definition) is 4. The van der Waals surface area contributed by atoms with Crippen LogP contribution in [0.5, 0.6) is 5.88 Å². The van der Waals surface area contributed by atoms with Crippen LogP contribution < -0.4 is 9.64 Å². The molecule has 0 saturated carbocycles. The van der Waals surface area contributed by atoms with Crippen LogP contribution in [-0.4, -0.2) is 23.8 Å². The lowest BCUT2D eigenvalue weighted by atomic mass is 10.1. The number of halogens is 1. The highest BCUT2D eigenvalue weighted by atomic mass is 19.1. The zero-order chi connectivity index (χ0) is 15.0. The van der Waals surface area contributed by atoms with Gasteiger partial charge in [0, 0.05) is 11.8 Å². The van der Waals surface area contributed by atoms with E-state index in [1.54, 1.807) is 18.3 Å². The summed E-state index contributed by atoms with van der Waals surface area (Å²) in [5.74, 6) is -1.72. The van der Waals surface area contributed by atoms with E-state index in [-0.39, 0.29) is 17.8 Å². The molecule has 21 heavy (non-hydrogen) atoms. The molecule has 1 aliphatic heterocycles. The quantitative estimate of drug-likeness (QED) is 0.809. The number of hydrogen-bond donors (Lipinski definition) is 0. The van der Waals surface area contributed by atoms with Crippen molar-refractivity contribution in [2.75, 3.05) is 12.0 Å². The van der Waals surface area contributed by atoms with Gasteiger partial charge >= 0.3 is 0 Å². The predicted molar refractivity (Wildman–Crippen MR) is 72.7 cm³/mol. The van der Waals surface area contributed by atoms with Gasteiger partial charge in [-0.05, 0) is 18.2 Å². The lowest BCUT2D eigenvalue weighted by Gasteiger charge is -2.18. The highest BCUT2D eigenvalue weighted by Crippen LogP contribution is 2.33. The third-order valence-corrected chi connectivity index (χ3v) is 3.31. The zero-order valence-corrected chi connectivity index (χ0v) is 11.2. The fourth-order valence-corrected chi connectivity index (χ4v) is 2.36. The number of rotatable bonds is 3. The summed E-state index contributed by atoms with van der Waals surface area (Å²) >= 11 is 0. The van der Waals surface area contributed by atoms with Crippen LogP contribution in [0.25, 0.3) is 0 Å². The van der Waals surface area contributed by atoms with Crippen LogP contribution in [0.15, 0.2) is 36.5 Å². The number of fused-ring (bicyclic) bond motifs is 1. The molecule has 0 bridgehead atoms. The molecular weight excluding hydrogens is 275 g/mol. The van der Waals surface area contributed by atoms with Gasteiger partial charge in [0.05, 0.1) is 24.9 Å². The van der Waals surface area contributed by atoms with Crippen molar-refractivity contribution in [2.45, 2.75) is 6.54 Å². The van der Waals surface area contributed by atoms with E-state index >= 15 is 0 Å². The number of aromatic nitrogens is 1. The first-order valence-corrected chi connectivity index (χ1v) is 6.26. The Morgan fingerprint density at radius 3 is 2.81 bits per heavy atom. The molecule has 0 aliphatic carbocycles. The monoisotopic (exact) mass is 286 g/mol. The molecule has 106 valence electrons. The van der Waals surface area contributed by atoms with Crippen LogP contribution >= 0.6 is 0 Å². The molecule has 0 spiro atoms. The Balaban J connectivity index is 2.04. The van der Waals surface area contributed by atoms with E-state index in [2.05, 4.69) is 4.98 Å². The molecule has 5 nitrogen and oxygen atoms in total. The summed E-state index contributed by atoms with van der Waals surface area (Å²) in [6.07, 6.45) is 1.55. The molecule has 0 N–H and O–H groups in total. The van der Waals surface area contributed by atoms with Crippen molar-refractivity contribution in [3.05, 3.63) is 53.5 Å². The number of Topliss-reactive ketones (excluding diaryl/α,β-unsaturated/α-hetero) is 1. The number of anilines is 1. The minimum absolute atomic E-state index is 0.0124. The molecule has 1 amide bonds. The molecule has 6 heteroatoms. The first-order valence-electron chi connectivity index (χ1n) is 6.26. The highest BCUT2D eigenvalue weighted by molar-refractivity contribution is 6.52. The molecule has 3 rings (SSSR count). The molecule has 1 aromatic carbocycles. The molecule has 0 atom stereocenters. The van der Waals surface area contributed by atoms with Gasteiger partial charge in [-0.2, -0.15) is 0 Å². The van der Waals surface area contributed by atoms with E-state index < -0.39 is 17.5 Å². The van der Waals surface area contributed by atoms with Crippen molar-refractivity contribution in [1.82, 2.24) is 4.98 Å². The summed E-state index contributed by atoms with van der Waals surface area (Å²) in [5, 5.41) is 0. The van der Waals surface area contributed by atoms with Crippen molar-refractivity contribution in [2.24, 2.45) is 0 Å². The minimum Gasteiger partial charge on any atom is -0.481 e. The molecule has 0 fully saturated rings. The fraction of sp³-hybridized carbons (Fsp3) is 0.133. The number of ketones is 1. The number of benzene rings is 1. The molecule has 1 aliphatic rings. The summed E-state index contributed by atoms with van der Waals surface area (Å²) in [7, 11) is 1.46. The van der Waals surface area contributed by atoms with Crippen LogP contribution in [0.2, 0.25) is 0 Å². The summed E-state index contributed by atoms with van der Waals surface area (Å²) in [5.41, 5.74) is 0.693. The van der Waals surface area contributed by atoms with Gasteiger partial charge in [0.15, 0.2) is 0 Å². The van der Waals surface area contributed by atoms with Crippen molar-refractivity contribution >= 4 is 17.4 Å². The van der Waals surface area contributed by atoms with Gasteiger partial charge < -0.3 is 4.74 Å². The average molecular weight is 286 g/mol. The van der Waals surface area contributed by atoms with Crippen LogP contribution in [-0.2, 0) is 11.3 Å². The fourth-order valence-electron chi connectivity index (χ4n) is 2.36. The largest absolute Gasteiger partial charge is 0.481 e. The number of carbonyl (C=O) groups excluding carboxylic acids is 2. The Morgan fingerprint density at radius 1 is 1.24 bits per heavy atom. The Kier molecular flexibility index (Phi) is 3.13. The standard InChI is InChI=1S/C15H11FN2O3/c1-21-14-9(4-3-7-17-14)8-18-12-10(13(19)15(18)20)5-2-6-11(12)16/h2-7H,8H2,1H3. The van der Waals surface area contributed by atoms with Crippen LogP contribution in [0.1, 0.15) is 15.9 Å². The van der Waals surface area contributed by atoms with Crippen LogP contribution in [0.4, 0.5) is 10.1 Å². The third kappa shape index (κ3) is 2.05. The van der Waals surface area contributed by atoms with Crippen molar-refractivity contribution in [3.63, 3.8) is 0 Å². The van der Waals surface area contributed by atoms with Crippen LogP contribution in [0, 0.1) is 5.82 Å². The van der Waals surface area contributed by atoms with Crippen molar-refractivity contribution in [1.29, 1.82) is 0 Å². The summed E-state index contributed by atoms with van der Waals surface area (Å²) in [4.78, 5) is 29.1. The van der Waals surface area contributed by atoms with E-state index in [1.165, 1.54) is 25.3 Å². The van der Waals surface area contributed by atoms with Gasteiger partial charge in [-0.25, -0.2) is 9.37 Å². The highest BCUT2D eigenvalue weighted by Gasteiger charge is 2.38. The molecule has 0 unspecified atom stereocenters. The lowest BCUT2D eigenvalue weighted by Crippen LogP contribution is -2.29. The topological polar surface area (TPSA) is 59.5 Å². The van der Waals surface area contributed by atoms with Crippen molar-refractivity contribution in [3.8, 4) is 5.88 Å². The number of amides is 1. The number of pyridine rings is 1. The maximum atomic E-state index is 14.0. The Labute approximate surface area is 120 Å². The third-order valence-electron chi connectivity index (χ3n) is 3.31. The van der Waals surface area contributed by atoms with Crippen LogP contribution in [0.3, 0.4) is 0 Å². The van der Waals surface area contributed by atoms with Gasteiger partial charge in [0.2, 0.25) is 5.88 Å². The number of carbonyl (C=O) groups is 2. The second kappa shape index (κ2) is 4.97. The number of para-hydroxylation sites is 1.